The smallest absolute Gasteiger partial charge is 0.220 e. The summed E-state index contributed by atoms with van der Waals surface area (Å²) in [6, 6.07) is 0. The van der Waals surface area contributed by atoms with Crippen molar-refractivity contribution in [1.29, 1.82) is 0 Å². The minimum Gasteiger partial charge on any atom is -0.383 e. The summed E-state index contributed by atoms with van der Waals surface area (Å²) in [5, 5.41) is 6.32. The molecule has 26 heavy (non-hydrogen) atoms. The van der Waals surface area contributed by atoms with Crippen molar-refractivity contribution >= 4 is 11.9 Å². The minimum absolute atomic E-state index is 0.155. The molecule has 0 bridgehead atoms. The van der Waals surface area contributed by atoms with E-state index >= 15 is 0 Å². The molecule has 7 nitrogen and oxygen atoms in total. The molecule has 0 atom stereocenters. The molecule has 0 radical (unpaired) electrons. The van der Waals surface area contributed by atoms with Crippen LogP contribution in [-0.4, -0.2) is 88.7 Å². The third-order valence-corrected chi connectivity index (χ3v) is 5.75. The monoisotopic (exact) mass is 367 g/mol. The van der Waals surface area contributed by atoms with Crippen molar-refractivity contribution < 1.29 is 9.53 Å². The second-order valence-electron chi connectivity index (χ2n) is 7.51. The van der Waals surface area contributed by atoms with Crippen LogP contribution in [-0.2, 0) is 9.53 Å². The number of carbonyl (C=O) groups is 1. The number of piperidine rings is 2. The summed E-state index contributed by atoms with van der Waals surface area (Å²) in [5.74, 6) is 2.39. The summed E-state index contributed by atoms with van der Waals surface area (Å²) < 4.78 is 5.17. The first-order valence-electron chi connectivity index (χ1n) is 10.0. The predicted octanol–water partition coefficient (Wildman–Crippen LogP) is 0.768. The Morgan fingerprint density at radius 2 is 1.77 bits per heavy atom. The summed E-state index contributed by atoms with van der Waals surface area (Å²) in [7, 11) is 5.35. The number of carbonyl (C=O) groups excluding carboxylic acids is 1. The molecule has 7 heteroatoms. The summed E-state index contributed by atoms with van der Waals surface area (Å²) in [6.07, 6.45) is 5.25. The number of aliphatic imine (C=N–C) groups is 1. The van der Waals surface area contributed by atoms with Crippen LogP contribution in [0.4, 0.5) is 0 Å². The van der Waals surface area contributed by atoms with Crippen LogP contribution in [0.15, 0.2) is 4.99 Å². The second-order valence-corrected chi connectivity index (χ2v) is 7.51. The number of nitrogens with zero attached hydrogens (tertiary/aromatic N) is 3. The number of amides is 1. The van der Waals surface area contributed by atoms with Gasteiger partial charge in [0.2, 0.25) is 5.91 Å². The highest BCUT2D eigenvalue weighted by atomic mass is 16.5. The van der Waals surface area contributed by atoms with Gasteiger partial charge < -0.3 is 25.2 Å². The Kier molecular flexibility index (Phi) is 9.18. The highest BCUT2D eigenvalue weighted by molar-refractivity contribution is 5.80. The van der Waals surface area contributed by atoms with Crippen LogP contribution < -0.4 is 10.6 Å². The van der Waals surface area contributed by atoms with Crippen molar-refractivity contribution in [2.24, 2.45) is 16.8 Å². The summed E-state index contributed by atoms with van der Waals surface area (Å²) in [5.41, 5.74) is 0. The number of guanidine groups is 1. The van der Waals surface area contributed by atoms with Crippen molar-refractivity contribution in [3.05, 3.63) is 0 Å². The number of ether oxygens (including phenoxy) is 1. The maximum atomic E-state index is 11.5. The van der Waals surface area contributed by atoms with Gasteiger partial charge in [-0.05, 0) is 50.6 Å². The zero-order chi connectivity index (χ0) is 18.8. The first-order chi connectivity index (χ1) is 12.7. The largest absolute Gasteiger partial charge is 0.383 e. The van der Waals surface area contributed by atoms with Crippen molar-refractivity contribution in [3.8, 4) is 0 Å². The molecule has 2 N–H and O–H groups in total. The van der Waals surface area contributed by atoms with E-state index in [-0.39, 0.29) is 5.91 Å². The molecule has 2 aliphatic heterocycles. The van der Waals surface area contributed by atoms with E-state index in [0.29, 0.717) is 12.3 Å². The van der Waals surface area contributed by atoms with Crippen molar-refractivity contribution in [3.63, 3.8) is 0 Å². The molecule has 2 fully saturated rings. The molecule has 0 spiro atoms. The van der Waals surface area contributed by atoms with Crippen molar-refractivity contribution in [2.75, 3.05) is 67.1 Å². The number of methoxy groups -OCH3 is 1. The molecule has 2 aliphatic rings. The fourth-order valence-electron chi connectivity index (χ4n) is 3.92. The lowest BCUT2D eigenvalue weighted by Crippen LogP contribution is -2.48. The van der Waals surface area contributed by atoms with Gasteiger partial charge in [-0.3, -0.25) is 9.79 Å². The van der Waals surface area contributed by atoms with Crippen LogP contribution in [0.25, 0.3) is 0 Å². The molecular formula is C19H37N5O2. The van der Waals surface area contributed by atoms with Gasteiger partial charge in [-0.25, -0.2) is 0 Å². The number of hydrogen-bond acceptors (Lipinski definition) is 4. The van der Waals surface area contributed by atoms with E-state index in [1.165, 1.54) is 25.9 Å². The van der Waals surface area contributed by atoms with Crippen molar-refractivity contribution in [1.82, 2.24) is 20.4 Å². The van der Waals surface area contributed by atoms with Gasteiger partial charge >= 0.3 is 0 Å². The third-order valence-electron chi connectivity index (χ3n) is 5.75. The summed E-state index contributed by atoms with van der Waals surface area (Å²) in [4.78, 5) is 20.9. The quantitative estimate of drug-likeness (QED) is 0.514. The minimum atomic E-state index is 0.155. The molecule has 0 aromatic heterocycles. The Bertz CT molecular complexity index is 441. The molecule has 2 heterocycles. The number of hydrogen-bond donors (Lipinski definition) is 2. The van der Waals surface area contributed by atoms with Crippen LogP contribution in [0, 0.1) is 11.8 Å². The number of likely N-dealkylation sites (tertiary alicyclic amines) is 2. The van der Waals surface area contributed by atoms with Gasteiger partial charge in [0.1, 0.15) is 0 Å². The predicted molar refractivity (Wildman–Crippen MR) is 105 cm³/mol. The Balaban J connectivity index is 1.67. The van der Waals surface area contributed by atoms with E-state index in [2.05, 4.69) is 25.4 Å². The molecule has 2 saturated heterocycles. The topological polar surface area (TPSA) is 69.2 Å². The van der Waals surface area contributed by atoms with Crippen LogP contribution in [0.3, 0.4) is 0 Å². The van der Waals surface area contributed by atoms with Gasteiger partial charge in [-0.15, -0.1) is 0 Å². The molecule has 0 aliphatic carbocycles. The maximum absolute atomic E-state index is 11.5. The van der Waals surface area contributed by atoms with Crippen molar-refractivity contribution in [2.45, 2.75) is 32.1 Å². The first-order valence-corrected chi connectivity index (χ1v) is 10.0. The molecular weight excluding hydrogens is 330 g/mol. The Hall–Kier alpha value is -1.34. The second kappa shape index (κ2) is 11.4. The summed E-state index contributed by atoms with van der Waals surface area (Å²) >= 11 is 0. The van der Waals surface area contributed by atoms with Gasteiger partial charge in [-0.1, -0.05) is 0 Å². The molecule has 0 aromatic carbocycles. The molecule has 0 saturated carbocycles. The highest BCUT2D eigenvalue weighted by Crippen LogP contribution is 2.21. The molecule has 150 valence electrons. The molecule has 0 aromatic rings. The van der Waals surface area contributed by atoms with Crippen LogP contribution in [0.2, 0.25) is 0 Å². The standard InChI is InChI=1S/C19H37N5O2/c1-20-18(25)14-16-6-10-24(11-7-16)19(21-2)22-15-17-4-8-23(9-5-17)12-13-26-3/h16-17H,4-15H2,1-3H3,(H,20,25)(H,21,22). The Morgan fingerprint density at radius 1 is 1.12 bits per heavy atom. The van der Waals surface area contributed by atoms with Gasteiger partial charge in [0, 0.05) is 53.8 Å². The van der Waals surface area contributed by atoms with Gasteiger partial charge in [-0.2, -0.15) is 0 Å². The van der Waals surface area contributed by atoms with Gasteiger partial charge in [0.05, 0.1) is 6.61 Å². The van der Waals surface area contributed by atoms with E-state index in [1.54, 1.807) is 14.2 Å². The van der Waals surface area contributed by atoms with Crippen LogP contribution in [0.1, 0.15) is 32.1 Å². The lowest BCUT2D eigenvalue weighted by Gasteiger charge is -2.36. The fourth-order valence-corrected chi connectivity index (χ4v) is 3.92. The third kappa shape index (κ3) is 6.76. The molecule has 2 rings (SSSR count). The maximum Gasteiger partial charge on any atom is 0.220 e. The lowest BCUT2D eigenvalue weighted by atomic mass is 9.93. The van der Waals surface area contributed by atoms with E-state index in [9.17, 15) is 4.79 Å². The zero-order valence-corrected chi connectivity index (χ0v) is 16.8. The van der Waals surface area contributed by atoms with E-state index < -0.39 is 0 Å². The normalized spacial score (nSPS) is 21.0. The number of nitrogens with one attached hydrogen (secondary N) is 2. The Labute approximate surface area is 158 Å². The van der Waals surface area contributed by atoms with Gasteiger partial charge in [0.25, 0.3) is 0 Å². The SMILES string of the molecule is CN=C(NCC1CCN(CCOC)CC1)N1CCC(CC(=O)NC)CC1. The van der Waals surface area contributed by atoms with Crippen LogP contribution >= 0.6 is 0 Å². The van der Waals surface area contributed by atoms with Crippen LogP contribution in [0.5, 0.6) is 0 Å². The average Bonchev–Trinajstić information content (AvgIpc) is 2.68. The fraction of sp³-hybridized carbons (Fsp3) is 0.895. The van der Waals surface area contributed by atoms with Gasteiger partial charge in [0.15, 0.2) is 5.96 Å². The van der Waals surface area contributed by atoms with E-state index in [1.807, 2.05) is 7.05 Å². The highest BCUT2D eigenvalue weighted by Gasteiger charge is 2.24. The summed E-state index contributed by atoms with van der Waals surface area (Å²) in [6.45, 7) is 7.17. The first kappa shape index (κ1) is 21.0. The molecule has 0 unspecified atom stereocenters. The average molecular weight is 368 g/mol. The Morgan fingerprint density at radius 3 is 2.35 bits per heavy atom. The molecule has 1 amide bonds. The van der Waals surface area contributed by atoms with E-state index in [0.717, 1.165) is 57.5 Å². The zero-order valence-electron chi connectivity index (χ0n) is 16.8. The van der Waals surface area contributed by atoms with E-state index in [4.69, 9.17) is 4.74 Å². The lowest BCUT2D eigenvalue weighted by molar-refractivity contribution is -0.121. The number of rotatable bonds is 7.